The summed E-state index contributed by atoms with van der Waals surface area (Å²) in [6.45, 7) is 4.20. The maximum Gasteiger partial charge on any atom is 0.300 e. The van der Waals surface area contributed by atoms with Gasteiger partial charge in [-0.1, -0.05) is 81.8 Å². The number of hydrogen-bond donors (Lipinski definition) is 6. The Balaban J connectivity index is 0.00000173. The van der Waals surface area contributed by atoms with Crippen molar-refractivity contribution in [1.82, 2.24) is 20.5 Å². The Morgan fingerprint density at radius 3 is 2.17 bits per heavy atom. The number of carboxylic acids is 1. The third kappa shape index (κ3) is 15.4. The quantitative estimate of drug-likeness (QED) is 0.141. The highest BCUT2D eigenvalue weighted by Crippen LogP contribution is 2.29. The first kappa shape index (κ1) is 42.5. The van der Waals surface area contributed by atoms with E-state index < -0.39 is 36.2 Å². The van der Waals surface area contributed by atoms with Gasteiger partial charge in [-0.3, -0.25) is 24.2 Å². The van der Waals surface area contributed by atoms with E-state index >= 15 is 0 Å². The Morgan fingerprint density at radius 2 is 1.56 bits per heavy atom. The molecular weight excluding hydrogens is 662 g/mol. The van der Waals surface area contributed by atoms with Crippen LogP contribution in [0.2, 0.25) is 0 Å². The zero-order valence-corrected chi connectivity index (χ0v) is 31.0. The van der Waals surface area contributed by atoms with Crippen LogP contribution < -0.4 is 16.4 Å². The Labute approximate surface area is 309 Å². The molecule has 2 aromatic rings. The maximum atomic E-state index is 13.9. The molecule has 0 spiro atoms. The summed E-state index contributed by atoms with van der Waals surface area (Å²) in [5, 5.41) is 35.9. The van der Waals surface area contributed by atoms with Gasteiger partial charge in [-0.25, -0.2) is 0 Å². The summed E-state index contributed by atoms with van der Waals surface area (Å²) in [5.41, 5.74) is 7.82. The number of carbonyl (C=O) groups excluding carboxylic acids is 3. The van der Waals surface area contributed by atoms with Crippen LogP contribution in [-0.2, 0) is 32.0 Å². The smallest absolute Gasteiger partial charge is 0.300 e. The number of aliphatic hydroxyl groups excluding tert-OH is 2. The third-order valence-electron chi connectivity index (χ3n) is 10.1. The van der Waals surface area contributed by atoms with Crippen molar-refractivity contribution in [2.75, 3.05) is 13.1 Å². The topological polar surface area (TPSA) is 195 Å². The van der Waals surface area contributed by atoms with Crippen LogP contribution in [0.25, 0.3) is 0 Å². The number of aromatic nitrogens is 1. The summed E-state index contributed by atoms with van der Waals surface area (Å²) in [4.78, 5) is 56.2. The second-order valence-corrected chi connectivity index (χ2v) is 14.5. The van der Waals surface area contributed by atoms with Gasteiger partial charge in [-0.15, -0.1) is 0 Å². The highest BCUT2D eigenvalue weighted by molar-refractivity contribution is 5.91. The molecule has 12 nitrogen and oxygen atoms in total. The predicted octanol–water partition coefficient (Wildman–Crippen LogP) is 3.77. The van der Waals surface area contributed by atoms with Crippen molar-refractivity contribution in [2.24, 2.45) is 17.6 Å². The molecule has 1 aliphatic heterocycles. The first-order valence-electron chi connectivity index (χ1n) is 19.1. The Kier molecular flexibility index (Phi) is 18.8. The lowest BCUT2D eigenvalue weighted by atomic mass is 9.82. The van der Waals surface area contributed by atoms with Crippen LogP contribution in [0.3, 0.4) is 0 Å². The third-order valence-corrected chi connectivity index (χ3v) is 10.1. The highest BCUT2D eigenvalue weighted by Gasteiger charge is 2.34. The average molecular weight is 724 g/mol. The monoisotopic (exact) mass is 723 g/mol. The van der Waals surface area contributed by atoms with Crippen molar-refractivity contribution < 1.29 is 34.5 Å². The van der Waals surface area contributed by atoms with E-state index in [-0.39, 0.29) is 30.2 Å². The van der Waals surface area contributed by atoms with Gasteiger partial charge in [0, 0.05) is 44.4 Å². The van der Waals surface area contributed by atoms with Gasteiger partial charge in [-0.05, 0) is 68.6 Å². The van der Waals surface area contributed by atoms with Crippen molar-refractivity contribution in [3.8, 4) is 0 Å². The van der Waals surface area contributed by atoms with Gasteiger partial charge < -0.3 is 36.6 Å². The summed E-state index contributed by atoms with van der Waals surface area (Å²) in [5.74, 6) is -1.94. The van der Waals surface area contributed by atoms with Gasteiger partial charge in [-0.2, -0.15) is 0 Å². The number of nitrogens with two attached hydrogens (primary N) is 1. The van der Waals surface area contributed by atoms with E-state index in [1.54, 1.807) is 11.1 Å². The molecule has 5 atom stereocenters. The maximum absolute atomic E-state index is 13.9. The Morgan fingerprint density at radius 1 is 0.904 bits per heavy atom. The number of likely N-dealkylation sites (tertiary alicyclic amines) is 1. The van der Waals surface area contributed by atoms with E-state index in [9.17, 15) is 24.6 Å². The molecule has 7 N–H and O–H groups in total. The molecule has 2 fully saturated rings. The molecule has 2 heterocycles. The van der Waals surface area contributed by atoms with Crippen molar-refractivity contribution in [1.29, 1.82) is 0 Å². The van der Waals surface area contributed by atoms with Gasteiger partial charge in [0.2, 0.25) is 17.7 Å². The lowest BCUT2D eigenvalue weighted by molar-refractivity contribution is -0.138. The summed E-state index contributed by atoms with van der Waals surface area (Å²) >= 11 is 0. The van der Waals surface area contributed by atoms with Crippen molar-refractivity contribution in [3.63, 3.8) is 0 Å². The fourth-order valence-electron chi connectivity index (χ4n) is 7.12. The van der Waals surface area contributed by atoms with Crippen LogP contribution in [0, 0.1) is 11.8 Å². The molecule has 0 unspecified atom stereocenters. The molecule has 0 bridgehead atoms. The van der Waals surface area contributed by atoms with E-state index in [2.05, 4.69) is 15.6 Å². The van der Waals surface area contributed by atoms with Gasteiger partial charge in [0.05, 0.1) is 18.1 Å². The molecule has 12 heteroatoms. The number of aliphatic carboxylic acids is 1. The Bertz CT molecular complexity index is 1350. The van der Waals surface area contributed by atoms with E-state index in [1.165, 1.54) is 6.42 Å². The molecule has 1 aliphatic carbocycles. The fraction of sp³-hybridized carbons (Fsp3) is 0.625. The van der Waals surface area contributed by atoms with Crippen LogP contribution in [0.5, 0.6) is 0 Å². The zero-order chi connectivity index (χ0) is 37.9. The standard InChI is InChI=1S/C38H57N5O5.C2H4O2/c1-2-11-32(41-37(47)29(24-27-12-5-3-6-13-27)26-35(45)43-22-19-30(39)20-23-43)38(48)42-33(25-28-14-7-4-8-15-28)36(46)34(44)18-17-31-16-9-10-21-40-31;1-2(3)4/h3,5-6,9-10,12-13,16,21,28-30,32-34,36,44,46H,2,4,7-8,11,14-15,17-20,22-26,39H2,1H3,(H,41,47)(H,42,48);1H3,(H,3,4)/t29-,32+,33+,34+,36-;/m1./s1. The number of benzene rings is 1. The first-order valence-corrected chi connectivity index (χ1v) is 19.1. The van der Waals surface area contributed by atoms with Gasteiger partial charge in [0.25, 0.3) is 5.97 Å². The van der Waals surface area contributed by atoms with Crippen LogP contribution in [0.1, 0.15) is 102 Å². The van der Waals surface area contributed by atoms with Crippen molar-refractivity contribution >= 4 is 23.7 Å². The van der Waals surface area contributed by atoms with E-state index in [1.807, 2.05) is 55.5 Å². The number of amides is 3. The molecule has 3 amide bonds. The number of piperidine rings is 1. The first-order chi connectivity index (χ1) is 25.0. The van der Waals surface area contributed by atoms with E-state index in [0.29, 0.717) is 57.5 Å². The second kappa shape index (κ2) is 22.9. The minimum Gasteiger partial charge on any atom is -0.481 e. The summed E-state index contributed by atoms with van der Waals surface area (Å²) < 4.78 is 0. The van der Waals surface area contributed by atoms with Crippen molar-refractivity contribution in [3.05, 3.63) is 66.0 Å². The number of aliphatic hydroxyl groups is 2. The predicted molar refractivity (Wildman–Crippen MR) is 200 cm³/mol. The lowest BCUT2D eigenvalue weighted by Crippen LogP contribution is -2.56. The molecule has 0 radical (unpaired) electrons. The molecule has 52 heavy (non-hydrogen) atoms. The fourth-order valence-corrected chi connectivity index (χ4v) is 7.12. The number of nitrogens with one attached hydrogen (secondary N) is 2. The summed E-state index contributed by atoms with van der Waals surface area (Å²) in [7, 11) is 0. The summed E-state index contributed by atoms with van der Waals surface area (Å²) in [6, 6.07) is 13.8. The average Bonchev–Trinajstić information content (AvgIpc) is 3.14. The van der Waals surface area contributed by atoms with Gasteiger partial charge >= 0.3 is 0 Å². The SMILES string of the molecule is CC(=O)O.CCC[C@H](NC(=O)[C@@H](CC(=O)N1CCC(N)CC1)Cc1ccccc1)C(=O)N[C@@H](CC1CCCCC1)[C@@H](O)[C@@H](O)CCc1ccccn1. The van der Waals surface area contributed by atoms with Gasteiger partial charge in [0.15, 0.2) is 0 Å². The number of aryl methyl sites for hydroxylation is 1. The minimum atomic E-state index is -1.17. The number of rotatable bonds is 17. The highest BCUT2D eigenvalue weighted by atomic mass is 16.4. The molecule has 4 rings (SSSR count). The number of nitrogens with zero attached hydrogens (tertiary/aromatic N) is 2. The molecule has 1 saturated carbocycles. The second-order valence-electron chi connectivity index (χ2n) is 14.5. The number of carbonyl (C=O) groups is 4. The number of pyridine rings is 1. The molecule has 288 valence electrons. The zero-order valence-electron chi connectivity index (χ0n) is 31.0. The van der Waals surface area contributed by atoms with Crippen LogP contribution >= 0.6 is 0 Å². The van der Waals surface area contributed by atoms with E-state index in [0.717, 1.165) is 56.7 Å². The number of hydrogen-bond acceptors (Lipinski definition) is 8. The Hall–Kier alpha value is -3.87. The summed E-state index contributed by atoms with van der Waals surface area (Å²) in [6.07, 6.45) is 9.28. The molecule has 1 saturated heterocycles. The van der Waals surface area contributed by atoms with Crippen LogP contribution in [0.15, 0.2) is 54.7 Å². The number of carboxylic acid groups (broad SMARTS) is 1. The molecular formula is C40H61N5O7. The lowest BCUT2D eigenvalue weighted by Gasteiger charge is -2.33. The van der Waals surface area contributed by atoms with Crippen LogP contribution in [0.4, 0.5) is 0 Å². The normalized spacial score (nSPS) is 18.1. The van der Waals surface area contributed by atoms with E-state index in [4.69, 9.17) is 15.6 Å². The molecule has 1 aromatic heterocycles. The van der Waals surface area contributed by atoms with Crippen LogP contribution in [-0.4, -0.2) is 92.3 Å². The largest absolute Gasteiger partial charge is 0.481 e. The molecule has 2 aliphatic rings. The minimum absolute atomic E-state index is 0.0436. The van der Waals surface area contributed by atoms with Gasteiger partial charge in [0.1, 0.15) is 12.1 Å². The molecule has 1 aromatic carbocycles. The van der Waals surface area contributed by atoms with Crippen molar-refractivity contribution in [2.45, 2.75) is 134 Å².